The van der Waals surface area contributed by atoms with Crippen LogP contribution in [0.2, 0.25) is 15.5 Å². The predicted molar refractivity (Wildman–Crippen MR) is 234 cm³/mol. The van der Waals surface area contributed by atoms with E-state index < -0.39 is 38.9 Å². The van der Waals surface area contributed by atoms with E-state index in [1.807, 2.05) is 54.9 Å². The number of nitrogens with zero attached hydrogens (tertiary/aromatic N) is 3. The van der Waals surface area contributed by atoms with E-state index in [2.05, 4.69) is 0 Å². The first-order valence-electron chi connectivity index (χ1n) is 16.3. The monoisotopic (exact) mass is 653 g/mol. The Bertz CT molecular complexity index is 1830. The maximum atomic E-state index is 16.2. The van der Waals surface area contributed by atoms with Crippen molar-refractivity contribution in [2.75, 3.05) is 0 Å². The highest BCUT2D eigenvalue weighted by atomic mass is 35.5. The highest BCUT2D eigenvalue weighted by Gasteiger charge is 2.68. The minimum absolute atomic E-state index is 0.125. The van der Waals surface area contributed by atoms with E-state index in [1.165, 1.54) is 16.0 Å². The van der Waals surface area contributed by atoms with Crippen LogP contribution in [0.15, 0.2) is 0 Å². The molecule has 2 aliphatic rings. The maximum absolute atomic E-state index is 16.2. The first-order chi connectivity index (χ1) is 21.6. The molecule has 4 rings (SSSR count). The first kappa shape index (κ1) is 38.5. The maximum Gasteiger partial charge on any atom is 0.347 e. The third kappa shape index (κ3) is 4.74. The molecule has 1 atom stereocenters. The summed E-state index contributed by atoms with van der Waals surface area (Å²) in [6.45, 7) is -0.125. The van der Waals surface area contributed by atoms with Crippen LogP contribution >= 0.6 is 11.6 Å². The van der Waals surface area contributed by atoms with Crippen LogP contribution in [0.4, 0.5) is 8.78 Å². The average Bonchev–Trinajstić information content (AvgIpc) is 3.21. The summed E-state index contributed by atoms with van der Waals surface area (Å²) in [4.78, 5) is 59.6. The molecule has 0 N–H and O–H groups in total. The number of amides is 4. The van der Waals surface area contributed by atoms with Gasteiger partial charge in [-0.3, -0.25) is 19.2 Å². The van der Waals surface area contributed by atoms with Crippen molar-refractivity contribution in [2.24, 2.45) is 0 Å². The molecule has 0 radical (unpaired) electrons. The molecule has 1 saturated heterocycles. The van der Waals surface area contributed by atoms with E-state index in [-0.39, 0.29) is 34.8 Å². The van der Waals surface area contributed by atoms with E-state index in [4.69, 9.17) is 11.6 Å². The number of benzene rings is 2. The number of rotatable bonds is 5. The lowest BCUT2D eigenvalue weighted by molar-refractivity contribution is -0.154. The molecule has 2 aliphatic heterocycles. The molecular weight excluding hydrogens is 617 g/mol. The van der Waals surface area contributed by atoms with Crippen LogP contribution in [0.3, 0.4) is 0 Å². The zero-order chi connectivity index (χ0) is 37.2. The van der Waals surface area contributed by atoms with Crippen molar-refractivity contribution >= 4 is 199 Å². The van der Waals surface area contributed by atoms with Crippen molar-refractivity contribution in [3.05, 3.63) is 27.3 Å². The second kappa shape index (κ2) is 11.6. The van der Waals surface area contributed by atoms with Crippen molar-refractivity contribution < 1.29 is 28.0 Å². The number of halogens is 3. The topological polar surface area (TPSA) is 78.0 Å². The Labute approximate surface area is 301 Å². The molecule has 1 fully saturated rings. The lowest BCUT2D eigenvalue weighted by Crippen LogP contribution is -2.78. The second-order valence-electron chi connectivity index (χ2n) is 15.7. The number of piperidine rings is 1. The zero-order valence-electron chi connectivity index (χ0n) is 31.3. The number of carbonyl (C=O) groups is 4. The van der Waals surface area contributed by atoms with Gasteiger partial charge < -0.3 is 14.5 Å². The predicted octanol–water partition coefficient (Wildman–Crippen LogP) is -18.3. The number of imide groups is 1. The molecule has 0 saturated carbocycles. The fourth-order valence-electron chi connectivity index (χ4n) is 8.48. The molecular formula is C22H34B16ClF2N3O4. The summed E-state index contributed by atoms with van der Waals surface area (Å²) in [7, 11) is 27.5. The minimum atomic E-state index is -3.82. The number of fused-ring (bicyclic) bond motifs is 1. The van der Waals surface area contributed by atoms with Gasteiger partial charge in [-0.1, -0.05) is 55.1 Å². The summed E-state index contributed by atoms with van der Waals surface area (Å²) in [5, 5.41) is -2.61. The number of carbonyl (C=O) groups excluding carboxylic acids is 4. The van der Waals surface area contributed by atoms with Gasteiger partial charge in [0.25, 0.3) is 11.8 Å². The van der Waals surface area contributed by atoms with Gasteiger partial charge in [0.1, 0.15) is 110 Å². The van der Waals surface area contributed by atoms with Crippen molar-refractivity contribution in [1.29, 1.82) is 0 Å². The quantitative estimate of drug-likeness (QED) is 0.238. The standard InChI is InChI=1S/C22H34B16ClF2N3O4/c23-6-2(1-42(37)15(46)18(40,41)5-9(26)11(28)13(39)12(29)10(5)27)7(24)8(25)3-4(6)21(33,34)44(14(3)45)20(32)17(48)43(38)16(47)19(30,31)22(20,35)36/h1,23-38H2. The largest absolute Gasteiger partial charge is 0.384 e. The molecule has 48 heavy (non-hydrogen) atoms. The summed E-state index contributed by atoms with van der Waals surface area (Å²) < 4.78 is 32.4. The third-order valence-corrected chi connectivity index (χ3v) is 13.3. The number of alkyl halides is 2. The third-order valence-electron chi connectivity index (χ3n) is 12.7. The van der Waals surface area contributed by atoms with Gasteiger partial charge in [-0.15, -0.1) is 0 Å². The smallest absolute Gasteiger partial charge is 0.347 e. The lowest BCUT2D eigenvalue weighted by atomic mass is 9.20. The molecule has 230 valence electrons. The summed E-state index contributed by atoms with van der Waals surface area (Å²) >= 11 is 6.40. The fourth-order valence-corrected chi connectivity index (χ4v) is 8.76. The van der Waals surface area contributed by atoms with Crippen molar-refractivity contribution in [3.8, 4) is 0 Å². The normalized spacial score (nSPS) is 21.3. The highest BCUT2D eigenvalue weighted by Crippen LogP contribution is 2.58. The zero-order valence-corrected chi connectivity index (χ0v) is 32.1. The molecule has 0 aromatic heterocycles. The molecule has 1 unspecified atom stereocenters. The fraction of sp³-hybridized carbons (Fsp3) is 0.273. The van der Waals surface area contributed by atoms with Gasteiger partial charge in [0.2, 0.25) is 27.8 Å². The summed E-state index contributed by atoms with van der Waals surface area (Å²) in [6, 6.07) is 0. The van der Waals surface area contributed by atoms with Gasteiger partial charge in [0, 0.05) is 28.0 Å². The summed E-state index contributed by atoms with van der Waals surface area (Å²) in [5.41, 5.74) is 3.66. The van der Waals surface area contributed by atoms with Crippen molar-refractivity contribution in [3.63, 3.8) is 0 Å². The van der Waals surface area contributed by atoms with Gasteiger partial charge in [-0.2, -0.15) is 8.78 Å². The molecule has 0 spiro atoms. The molecule has 26 heteroatoms. The van der Waals surface area contributed by atoms with E-state index >= 15 is 8.78 Å². The highest BCUT2D eigenvalue weighted by molar-refractivity contribution is 6.69. The molecule has 0 bridgehead atoms. The van der Waals surface area contributed by atoms with Crippen molar-refractivity contribution in [2.45, 2.75) is 33.7 Å². The van der Waals surface area contributed by atoms with Crippen LogP contribution < -0.4 is 38.2 Å². The molecule has 0 aliphatic carbocycles. The van der Waals surface area contributed by atoms with Gasteiger partial charge in [-0.05, 0) is 16.3 Å². The van der Waals surface area contributed by atoms with E-state index in [0.717, 1.165) is 9.62 Å². The van der Waals surface area contributed by atoms with Gasteiger partial charge in [0.15, 0.2) is 0 Å². The number of hydrogen-bond acceptors (Lipinski definition) is 4. The average molecular weight is 651 g/mol. The first-order valence-corrected chi connectivity index (χ1v) is 16.7. The summed E-state index contributed by atoms with van der Waals surface area (Å²) in [6.07, 6.45) is 0. The molecule has 4 amide bonds. The van der Waals surface area contributed by atoms with Crippen molar-refractivity contribution in [1.82, 2.24) is 14.5 Å². The Kier molecular flexibility index (Phi) is 9.33. The lowest BCUT2D eigenvalue weighted by Gasteiger charge is -2.64. The number of hydrogen-bond donors (Lipinski definition) is 0. The molecule has 2 heterocycles. The van der Waals surface area contributed by atoms with Gasteiger partial charge >= 0.3 is 5.92 Å². The molecule has 2 aromatic carbocycles. The minimum Gasteiger partial charge on any atom is -0.384 e. The second-order valence-corrected chi connectivity index (χ2v) is 16.1. The Morgan fingerprint density at radius 1 is 0.771 bits per heavy atom. The molecule has 2 aromatic rings. The Hall–Kier alpha value is -2.29. The van der Waals surface area contributed by atoms with Crippen LogP contribution in [0, 0.1) is 0 Å². The van der Waals surface area contributed by atoms with E-state index in [0.29, 0.717) is 49.0 Å². The van der Waals surface area contributed by atoms with Crippen LogP contribution in [-0.4, -0.2) is 169 Å². The van der Waals surface area contributed by atoms with Crippen LogP contribution in [0.5, 0.6) is 0 Å². The Balaban J connectivity index is 1.86. The van der Waals surface area contributed by atoms with Crippen LogP contribution in [-0.2, 0) is 32.2 Å². The SMILES string of the molecule is Bc1c(B)c(C(F)(F)C(=O)N(B)Cc2c(B)c(B)c3c(c2B)C(B)(B)N(C2(B)C(=O)N(B)C(=O)C(B)(B)C2(B)B)C3=O)c(B)c(B)c1Cl. The Morgan fingerprint density at radius 2 is 1.25 bits per heavy atom. The Morgan fingerprint density at radius 3 is 1.73 bits per heavy atom. The van der Waals surface area contributed by atoms with Gasteiger partial charge in [-0.25, -0.2) is 0 Å². The summed E-state index contributed by atoms with van der Waals surface area (Å²) in [5.74, 6) is -6.28. The van der Waals surface area contributed by atoms with Gasteiger partial charge in [0.05, 0.1) is 5.44 Å². The molecule has 7 nitrogen and oxygen atoms in total. The van der Waals surface area contributed by atoms with Crippen LogP contribution in [0.25, 0.3) is 0 Å². The van der Waals surface area contributed by atoms with Crippen LogP contribution in [0.1, 0.15) is 27.0 Å². The van der Waals surface area contributed by atoms with E-state index in [9.17, 15) is 19.2 Å². The van der Waals surface area contributed by atoms with E-state index in [1.54, 1.807) is 59.8 Å².